The Bertz CT molecular complexity index is 1030. The SMILES string of the molecule is Cc1ccc([N+](=O)[O-])c(NC(=O)c2sc3cc(Cl)ccc3c2Cl)c1C. The number of fused-ring (bicyclic) bond motifs is 1. The third kappa shape index (κ3) is 3.20. The van der Waals surface area contributed by atoms with E-state index in [2.05, 4.69) is 5.32 Å². The highest BCUT2D eigenvalue weighted by atomic mass is 35.5. The van der Waals surface area contributed by atoms with Crippen LogP contribution in [0.3, 0.4) is 0 Å². The van der Waals surface area contributed by atoms with Gasteiger partial charge in [-0.3, -0.25) is 14.9 Å². The number of benzene rings is 2. The average Bonchev–Trinajstić information content (AvgIpc) is 2.87. The van der Waals surface area contributed by atoms with E-state index in [0.29, 0.717) is 15.6 Å². The Labute approximate surface area is 157 Å². The summed E-state index contributed by atoms with van der Waals surface area (Å²) in [5, 5.41) is 15.5. The Morgan fingerprint density at radius 3 is 2.60 bits per heavy atom. The zero-order valence-electron chi connectivity index (χ0n) is 13.2. The van der Waals surface area contributed by atoms with Gasteiger partial charge in [-0.25, -0.2) is 0 Å². The second kappa shape index (κ2) is 6.63. The van der Waals surface area contributed by atoms with Gasteiger partial charge in [-0.1, -0.05) is 35.3 Å². The molecule has 1 aromatic heterocycles. The Hall–Kier alpha value is -2.15. The molecule has 2 aromatic carbocycles. The monoisotopic (exact) mass is 394 g/mol. The molecule has 0 atom stereocenters. The van der Waals surface area contributed by atoms with Gasteiger partial charge in [0, 0.05) is 21.2 Å². The number of rotatable bonds is 3. The summed E-state index contributed by atoms with van der Waals surface area (Å²) in [7, 11) is 0. The topological polar surface area (TPSA) is 72.2 Å². The van der Waals surface area contributed by atoms with Gasteiger partial charge in [0.1, 0.15) is 10.6 Å². The van der Waals surface area contributed by atoms with Crippen molar-refractivity contribution in [1.82, 2.24) is 0 Å². The first-order valence-electron chi connectivity index (χ1n) is 7.23. The quantitative estimate of drug-likeness (QED) is 0.438. The fraction of sp³-hybridized carbons (Fsp3) is 0.118. The first-order valence-corrected chi connectivity index (χ1v) is 8.80. The summed E-state index contributed by atoms with van der Waals surface area (Å²) in [5.74, 6) is -0.487. The molecule has 0 aliphatic heterocycles. The molecule has 1 amide bonds. The molecular weight excluding hydrogens is 383 g/mol. The van der Waals surface area contributed by atoms with Crippen molar-refractivity contribution in [3.8, 4) is 0 Å². The normalized spacial score (nSPS) is 10.9. The van der Waals surface area contributed by atoms with Crippen LogP contribution in [0.15, 0.2) is 30.3 Å². The van der Waals surface area contributed by atoms with Crippen LogP contribution in [-0.4, -0.2) is 10.8 Å². The standard InChI is InChI=1S/C17H12Cl2N2O3S/c1-8-3-6-12(21(23)24)15(9(8)2)20-17(22)16-14(19)11-5-4-10(18)7-13(11)25-16/h3-7H,1-2H3,(H,20,22). The third-order valence-corrected chi connectivity index (χ3v) is 5.84. The van der Waals surface area contributed by atoms with Gasteiger partial charge in [0.25, 0.3) is 11.6 Å². The largest absolute Gasteiger partial charge is 0.315 e. The number of nitro benzene ring substituents is 1. The van der Waals surface area contributed by atoms with Crippen LogP contribution in [-0.2, 0) is 0 Å². The zero-order valence-corrected chi connectivity index (χ0v) is 15.6. The molecule has 0 aliphatic rings. The number of carbonyl (C=O) groups is 1. The van der Waals surface area contributed by atoms with Crippen LogP contribution >= 0.6 is 34.5 Å². The first kappa shape index (κ1) is 17.7. The van der Waals surface area contributed by atoms with E-state index in [9.17, 15) is 14.9 Å². The van der Waals surface area contributed by atoms with Crippen LogP contribution in [0.4, 0.5) is 11.4 Å². The van der Waals surface area contributed by atoms with Crippen molar-refractivity contribution in [2.24, 2.45) is 0 Å². The number of nitro groups is 1. The highest BCUT2D eigenvalue weighted by Gasteiger charge is 2.23. The van der Waals surface area contributed by atoms with Crippen molar-refractivity contribution in [2.75, 3.05) is 5.32 Å². The minimum Gasteiger partial charge on any atom is -0.315 e. The summed E-state index contributed by atoms with van der Waals surface area (Å²) in [4.78, 5) is 23.7. The predicted molar refractivity (Wildman–Crippen MR) is 102 cm³/mol. The number of hydrogen-bond acceptors (Lipinski definition) is 4. The fourth-order valence-corrected chi connectivity index (χ4v) is 4.16. The Morgan fingerprint density at radius 1 is 1.20 bits per heavy atom. The number of aryl methyl sites for hydroxylation is 1. The Kier molecular flexibility index (Phi) is 4.69. The van der Waals surface area contributed by atoms with Crippen molar-refractivity contribution >= 4 is 61.9 Å². The van der Waals surface area contributed by atoms with Crippen LogP contribution in [0.25, 0.3) is 10.1 Å². The van der Waals surface area contributed by atoms with E-state index in [0.717, 1.165) is 15.6 Å². The minimum atomic E-state index is -0.519. The number of nitrogens with one attached hydrogen (secondary N) is 1. The smallest absolute Gasteiger partial charge is 0.293 e. The van der Waals surface area contributed by atoms with Crippen molar-refractivity contribution in [2.45, 2.75) is 13.8 Å². The summed E-state index contributed by atoms with van der Waals surface area (Å²) in [6, 6.07) is 8.19. The lowest BCUT2D eigenvalue weighted by atomic mass is 10.1. The molecule has 0 saturated heterocycles. The predicted octanol–water partition coefficient (Wildman–Crippen LogP) is 5.99. The number of amides is 1. The maximum Gasteiger partial charge on any atom is 0.293 e. The maximum atomic E-state index is 12.7. The summed E-state index contributed by atoms with van der Waals surface area (Å²) in [5.41, 5.74) is 1.51. The van der Waals surface area contributed by atoms with Crippen molar-refractivity contribution < 1.29 is 9.72 Å². The molecule has 1 heterocycles. The number of thiophene rings is 1. The molecule has 0 bridgehead atoms. The van der Waals surface area contributed by atoms with Crippen molar-refractivity contribution in [1.29, 1.82) is 0 Å². The molecule has 0 radical (unpaired) electrons. The van der Waals surface area contributed by atoms with E-state index in [1.54, 1.807) is 31.2 Å². The van der Waals surface area contributed by atoms with E-state index >= 15 is 0 Å². The number of anilines is 1. The molecule has 0 saturated carbocycles. The second-order valence-corrected chi connectivity index (χ2v) is 7.37. The van der Waals surface area contributed by atoms with Crippen LogP contribution in [0.1, 0.15) is 20.8 Å². The molecule has 3 aromatic rings. The summed E-state index contributed by atoms with van der Waals surface area (Å²) in [6.07, 6.45) is 0. The highest BCUT2D eigenvalue weighted by molar-refractivity contribution is 7.21. The van der Waals surface area contributed by atoms with E-state index < -0.39 is 10.8 Å². The molecule has 128 valence electrons. The van der Waals surface area contributed by atoms with Gasteiger partial charge in [-0.2, -0.15) is 0 Å². The lowest BCUT2D eigenvalue weighted by Crippen LogP contribution is -2.13. The fourth-order valence-electron chi connectivity index (χ4n) is 2.47. The van der Waals surface area contributed by atoms with E-state index in [-0.39, 0.29) is 16.3 Å². The van der Waals surface area contributed by atoms with Gasteiger partial charge in [0.15, 0.2) is 0 Å². The van der Waals surface area contributed by atoms with Crippen LogP contribution < -0.4 is 5.32 Å². The number of carbonyl (C=O) groups excluding carboxylic acids is 1. The molecular formula is C17H12Cl2N2O3S. The van der Waals surface area contributed by atoms with Crippen LogP contribution in [0, 0.1) is 24.0 Å². The molecule has 8 heteroatoms. The van der Waals surface area contributed by atoms with Gasteiger partial charge in [0.05, 0.1) is 9.95 Å². The van der Waals surface area contributed by atoms with Crippen molar-refractivity contribution in [3.63, 3.8) is 0 Å². The van der Waals surface area contributed by atoms with Gasteiger partial charge in [-0.15, -0.1) is 11.3 Å². The molecule has 0 aliphatic carbocycles. The molecule has 0 unspecified atom stereocenters. The zero-order chi connectivity index (χ0) is 18.3. The molecule has 0 spiro atoms. The Morgan fingerprint density at radius 2 is 1.92 bits per heavy atom. The van der Waals surface area contributed by atoms with Crippen LogP contribution in [0.5, 0.6) is 0 Å². The van der Waals surface area contributed by atoms with Crippen molar-refractivity contribution in [3.05, 3.63) is 66.5 Å². The molecule has 1 N–H and O–H groups in total. The van der Waals surface area contributed by atoms with Gasteiger partial charge < -0.3 is 5.32 Å². The third-order valence-electron chi connectivity index (χ3n) is 3.95. The summed E-state index contributed by atoms with van der Waals surface area (Å²) >= 11 is 13.5. The summed E-state index contributed by atoms with van der Waals surface area (Å²) < 4.78 is 0.776. The minimum absolute atomic E-state index is 0.156. The molecule has 3 rings (SSSR count). The van der Waals surface area contributed by atoms with E-state index in [1.165, 1.54) is 17.4 Å². The molecule has 5 nitrogen and oxygen atoms in total. The Balaban J connectivity index is 2.05. The number of nitrogens with zero attached hydrogens (tertiary/aromatic N) is 1. The van der Waals surface area contributed by atoms with Gasteiger partial charge in [-0.05, 0) is 37.1 Å². The first-order chi connectivity index (χ1) is 11.8. The van der Waals surface area contributed by atoms with E-state index in [4.69, 9.17) is 23.2 Å². The number of hydrogen-bond donors (Lipinski definition) is 1. The molecule has 0 fully saturated rings. The highest BCUT2D eigenvalue weighted by Crippen LogP contribution is 2.38. The second-order valence-electron chi connectivity index (χ2n) is 5.50. The van der Waals surface area contributed by atoms with Crippen LogP contribution in [0.2, 0.25) is 10.0 Å². The van der Waals surface area contributed by atoms with Gasteiger partial charge in [0.2, 0.25) is 0 Å². The van der Waals surface area contributed by atoms with Gasteiger partial charge >= 0.3 is 0 Å². The maximum absolute atomic E-state index is 12.7. The van der Waals surface area contributed by atoms with E-state index in [1.807, 2.05) is 6.92 Å². The number of halogens is 2. The average molecular weight is 395 g/mol. The molecule has 25 heavy (non-hydrogen) atoms. The lowest BCUT2D eigenvalue weighted by molar-refractivity contribution is -0.384. The summed E-state index contributed by atoms with van der Waals surface area (Å²) in [6.45, 7) is 3.55. The lowest BCUT2D eigenvalue weighted by Gasteiger charge is -2.10.